The van der Waals surface area contributed by atoms with Crippen LogP contribution < -0.4 is 10.6 Å². The van der Waals surface area contributed by atoms with E-state index in [1.807, 2.05) is 0 Å². The van der Waals surface area contributed by atoms with Crippen molar-refractivity contribution in [3.05, 3.63) is 5.01 Å². The Labute approximate surface area is 110 Å². The van der Waals surface area contributed by atoms with Crippen LogP contribution in [-0.4, -0.2) is 22.3 Å². The van der Waals surface area contributed by atoms with Crippen molar-refractivity contribution in [1.82, 2.24) is 15.5 Å². The Bertz CT molecular complexity index is 443. The summed E-state index contributed by atoms with van der Waals surface area (Å²) in [5, 5.41) is 15.6. The van der Waals surface area contributed by atoms with Crippen LogP contribution in [0.3, 0.4) is 0 Å². The first-order valence-electron chi connectivity index (χ1n) is 6.63. The number of carbonyl (C=O) groups excluding carboxylic acids is 1. The predicted octanol–water partition coefficient (Wildman–Crippen LogP) is 2.73. The highest BCUT2D eigenvalue weighted by atomic mass is 32.1. The van der Waals surface area contributed by atoms with Crippen molar-refractivity contribution < 1.29 is 4.79 Å². The molecule has 1 aromatic heterocycles. The molecule has 0 radical (unpaired) electrons. The van der Waals surface area contributed by atoms with E-state index in [1.54, 1.807) is 0 Å². The van der Waals surface area contributed by atoms with E-state index < -0.39 is 0 Å². The van der Waals surface area contributed by atoms with Crippen LogP contribution in [0, 0.1) is 5.92 Å². The second kappa shape index (κ2) is 4.84. The summed E-state index contributed by atoms with van der Waals surface area (Å²) in [7, 11) is 0. The molecule has 2 aliphatic carbocycles. The lowest BCUT2D eigenvalue weighted by Crippen LogP contribution is -2.39. The van der Waals surface area contributed by atoms with E-state index in [9.17, 15) is 4.79 Å². The molecule has 0 aromatic carbocycles. The Morgan fingerprint density at radius 1 is 1.28 bits per heavy atom. The lowest BCUT2D eigenvalue weighted by molar-refractivity contribution is 0.246. The molecule has 3 rings (SSSR count). The number of carbonyl (C=O) groups is 1. The maximum atomic E-state index is 11.8. The van der Waals surface area contributed by atoms with Gasteiger partial charge in [-0.15, -0.1) is 10.2 Å². The van der Waals surface area contributed by atoms with Gasteiger partial charge in [0.05, 0.1) is 0 Å². The van der Waals surface area contributed by atoms with E-state index in [4.69, 9.17) is 0 Å². The summed E-state index contributed by atoms with van der Waals surface area (Å²) in [5.74, 6) is 1.17. The first-order valence-corrected chi connectivity index (χ1v) is 7.45. The van der Waals surface area contributed by atoms with Gasteiger partial charge in [0.2, 0.25) is 5.13 Å². The molecule has 1 heterocycles. The zero-order valence-electron chi connectivity index (χ0n) is 10.5. The topological polar surface area (TPSA) is 66.9 Å². The molecule has 2 amide bonds. The average Bonchev–Trinajstić information content (AvgIpc) is 2.97. The molecular weight excluding hydrogens is 248 g/mol. The highest BCUT2D eigenvalue weighted by Gasteiger charge is 2.28. The molecule has 1 aromatic rings. The van der Waals surface area contributed by atoms with Gasteiger partial charge >= 0.3 is 6.03 Å². The van der Waals surface area contributed by atoms with Crippen molar-refractivity contribution in [3.8, 4) is 0 Å². The third-order valence-corrected chi connectivity index (χ3v) is 4.77. The molecule has 2 atom stereocenters. The molecule has 18 heavy (non-hydrogen) atoms. The molecule has 0 saturated heterocycles. The van der Waals surface area contributed by atoms with Gasteiger partial charge in [-0.05, 0) is 31.6 Å². The quantitative estimate of drug-likeness (QED) is 0.884. The van der Waals surface area contributed by atoms with Gasteiger partial charge in [0.1, 0.15) is 5.01 Å². The van der Waals surface area contributed by atoms with Crippen molar-refractivity contribution in [2.75, 3.05) is 5.32 Å². The van der Waals surface area contributed by atoms with E-state index in [1.165, 1.54) is 37.0 Å². The van der Waals surface area contributed by atoms with Crippen LogP contribution in [0.5, 0.6) is 0 Å². The average molecular weight is 266 g/mol. The molecule has 98 valence electrons. The van der Waals surface area contributed by atoms with E-state index >= 15 is 0 Å². The number of aromatic nitrogens is 2. The number of anilines is 1. The summed E-state index contributed by atoms with van der Waals surface area (Å²) in [4.78, 5) is 11.8. The fourth-order valence-electron chi connectivity index (χ4n) is 2.44. The Kier molecular flexibility index (Phi) is 3.20. The van der Waals surface area contributed by atoms with Gasteiger partial charge in [0.25, 0.3) is 0 Å². The SMILES string of the molecule is CC1CCCC1NC(=O)Nc1nnc(C2CC2)s1. The van der Waals surface area contributed by atoms with Crippen LogP contribution in [0.15, 0.2) is 0 Å². The van der Waals surface area contributed by atoms with Crippen LogP contribution in [0.2, 0.25) is 0 Å². The summed E-state index contributed by atoms with van der Waals surface area (Å²) in [6, 6.07) is 0.160. The van der Waals surface area contributed by atoms with Crippen LogP contribution in [0.25, 0.3) is 0 Å². The molecule has 5 nitrogen and oxygen atoms in total. The number of urea groups is 1. The first kappa shape index (κ1) is 11.9. The van der Waals surface area contributed by atoms with Crippen molar-refractivity contribution >= 4 is 22.5 Å². The van der Waals surface area contributed by atoms with E-state index in [-0.39, 0.29) is 6.03 Å². The Balaban J connectivity index is 1.53. The minimum absolute atomic E-state index is 0.146. The minimum atomic E-state index is -0.146. The van der Waals surface area contributed by atoms with Crippen LogP contribution >= 0.6 is 11.3 Å². The number of rotatable bonds is 3. The maximum Gasteiger partial charge on any atom is 0.321 e. The van der Waals surface area contributed by atoms with E-state index in [0.717, 1.165) is 11.4 Å². The highest BCUT2D eigenvalue weighted by molar-refractivity contribution is 7.15. The Morgan fingerprint density at radius 3 is 2.78 bits per heavy atom. The third-order valence-electron chi connectivity index (χ3n) is 3.77. The molecule has 0 bridgehead atoms. The summed E-state index contributed by atoms with van der Waals surface area (Å²) >= 11 is 1.50. The van der Waals surface area contributed by atoms with Crippen molar-refractivity contribution in [2.24, 2.45) is 5.92 Å². The minimum Gasteiger partial charge on any atom is -0.335 e. The monoisotopic (exact) mass is 266 g/mol. The standard InChI is InChI=1S/C12H18N4OS/c1-7-3-2-4-9(7)13-11(17)14-12-16-15-10(18-12)8-5-6-8/h7-9H,2-6H2,1H3,(H2,13,14,16,17). The second-order valence-electron chi connectivity index (χ2n) is 5.33. The first-order chi connectivity index (χ1) is 8.72. The fourth-order valence-corrected chi connectivity index (χ4v) is 3.35. The number of hydrogen-bond donors (Lipinski definition) is 2. The van der Waals surface area contributed by atoms with Crippen LogP contribution in [0.1, 0.15) is 50.0 Å². The van der Waals surface area contributed by atoms with Gasteiger partial charge < -0.3 is 5.32 Å². The van der Waals surface area contributed by atoms with Gasteiger partial charge in [-0.2, -0.15) is 0 Å². The summed E-state index contributed by atoms with van der Waals surface area (Å²) in [6.07, 6.45) is 5.91. The molecule has 0 spiro atoms. The Hall–Kier alpha value is -1.17. The summed E-state index contributed by atoms with van der Waals surface area (Å²) < 4.78 is 0. The van der Waals surface area contributed by atoms with Gasteiger partial charge in [0.15, 0.2) is 0 Å². The predicted molar refractivity (Wildman–Crippen MR) is 70.8 cm³/mol. The van der Waals surface area contributed by atoms with Gasteiger partial charge in [-0.25, -0.2) is 4.79 Å². The smallest absolute Gasteiger partial charge is 0.321 e. The molecular formula is C12H18N4OS. The molecule has 2 fully saturated rings. The lowest BCUT2D eigenvalue weighted by Gasteiger charge is -2.16. The number of nitrogens with zero attached hydrogens (tertiary/aromatic N) is 2. The maximum absolute atomic E-state index is 11.8. The summed E-state index contributed by atoms with van der Waals surface area (Å²) in [5.41, 5.74) is 0. The van der Waals surface area contributed by atoms with Crippen LogP contribution in [-0.2, 0) is 0 Å². The molecule has 2 unspecified atom stereocenters. The molecule has 2 N–H and O–H groups in total. The molecule has 6 heteroatoms. The van der Waals surface area contributed by atoms with E-state index in [0.29, 0.717) is 23.0 Å². The zero-order valence-corrected chi connectivity index (χ0v) is 11.3. The highest BCUT2D eigenvalue weighted by Crippen LogP contribution is 2.42. The van der Waals surface area contributed by atoms with Crippen LogP contribution in [0.4, 0.5) is 9.93 Å². The normalized spacial score (nSPS) is 27.2. The van der Waals surface area contributed by atoms with Gasteiger partial charge in [0, 0.05) is 12.0 Å². The number of hydrogen-bond acceptors (Lipinski definition) is 4. The van der Waals surface area contributed by atoms with Crippen molar-refractivity contribution in [1.29, 1.82) is 0 Å². The van der Waals surface area contributed by atoms with Crippen molar-refractivity contribution in [3.63, 3.8) is 0 Å². The van der Waals surface area contributed by atoms with Gasteiger partial charge in [-0.3, -0.25) is 5.32 Å². The molecule has 0 aliphatic heterocycles. The number of amides is 2. The largest absolute Gasteiger partial charge is 0.335 e. The summed E-state index contributed by atoms with van der Waals surface area (Å²) in [6.45, 7) is 2.19. The third kappa shape index (κ3) is 2.63. The lowest BCUT2D eigenvalue weighted by atomic mass is 10.1. The molecule has 2 saturated carbocycles. The Morgan fingerprint density at radius 2 is 2.11 bits per heavy atom. The second-order valence-corrected chi connectivity index (χ2v) is 6.34. The molecule has 2 aliphatic rings. The number of nitrogens with one attached hydrogen (secondary N) is 2. The van der Waals surface area contributed by atoms with Gasteiger partial charge in [-0.1, -0.05) is 24.7 Å². The fraction of sp³-hybridized carbons (Fsp3) is 0.750. The van der Waals surface area contributed by atoms with Crippen molar-refractivity contribution in [2.45, 2.75) is 51.0 Å². The zero-order chi connectivity index (χ0) is 12.5. The van der Waals surface area contributed by atoms with E-state index in [2.05, 4.69) is 27.8 Å².